The van der Waals surface area contributed by atoms with Crippen LogP contribution in [-0.2, 0) is 4.79 Å². The lowest BCUT2D eigenvalue weighted by molar-refractivity contribution is -0.117. The molecule has 2 aromatic rings. The second-order valence-corrected chi connectivity index (χ2v) is 9.45. The summed E-state index contributed by atoms with van der Waals surface area (Å²) in [5.41, 5.74) is 0. The highest BCUT2D eigenvalue weighted by Crippen LogP contribution is 2.41. The predicted octanol–water partition coefficient (Wildman–Crippen LogP) is 3.84. The molecule has 0 aromatic carbocycles. The lowest BCUT2D eigenvalue weighted by Gasteiger charge is -2.29. The molecule has 2 N–H and O–H groups in total. The van der Waals surface area contributed by atoms with Gasteiger partial charge in [0.2, 0.25) is 5.91 Å². The Hall–Kier alpha value is -1.87. The fraction of sp³-hybridized carbons (Fsp3) is 0.579. The van der Waals surface area contributed by atoms with Crippen LogP contribution in [0.15, 0.2) is 22.7 Å². The summed E-state index contributed by atoms with van der Waals surface area (Å²) in [7, 11) is 0. The first-order chi connectivity index (χ1) is 13.6. The van der Waals surface area contributed by atoms with Crippen molar-refractivity contribution in [1.82, 2.24) is 25.4 Å². The molecule has 2 saturated carbocycles. The predicted molar refractivity (Wildman–Crippen MR) is 110 cm³/mol. The van der Waals surface area contributed by atoms with Gasteiger partial charge in [0.05, 0.1) is 10.6 Å². The van der Waals surface area contributed by atoms with Crippen LogP contribution in [0.4, 0.5) is 4.79 Å². The van der Waals surface area contributed by atoms with Crippen molar-refractivity contribution in [1.29, 1.82) is 0 Å². The number of nitrogens with one attached hydrogen (secondary N) is 2. The number of thioether (sulfide) groups is 1. The molecule has 3 amide bonds. The Morgan fingerprint density at radius 2 is 2.07 bits per heavy atom. The maximum Gasteiger partial charge on any atom is 0.321 e. The number of thiophene rings is 1. The zero-order valence-electron chi connectivity index (χ0n) is 15.9. The molecule has 0 saturated heterocycles. The molecule has 2 fully saturated rings. The number of hydrogen-bond acceptors (Lipinski definition) is 6. The highest BCUT2D eigenvalue weighted by atomic mass is 32.2. The van der Waals surface area contributed by atoms with Crippen molar-refractivity contribution in [2.24, 2.45) is 5.92 Å². The van der Waals surface area contributed by atoms with Gasteiger partial charge < -0.3 is 5.32 Å². The van der Waals surface area contributed by atoms with Gasteiger partial charge in [0.25, 0.3) is 0 Å². The summed E-state index contributed by atoms with van der Waals surface area (Å²) in [4.78, 5) is 25.5. The zero-order valence-corrected chi connectivity index (χ0v) is 17.5. The Balaban J connectivity index is 1.32. The lowest BCUT2D eigenvalue weighted by atomic mass is 9.86. The third-order valence-electron chi connectivity index (χ3n) is 5.33. The van der Waals surface area contributed by atoms with Gasteiger partial charge in [0.15, 0.2) is 11.0 Å². The number of urea groups is 1. The summed E-state index contributed by atoms with van der Waals surface area (Å²) in [6.45, 7) is 2.15. The van der Waals surface area contributed by atoms with E-state index < -0.39 is 6.03 Å². The first kappa shape index (κ1) is 19.4. The number of hydrogen-bond donors (Lipinski definition) is 2. The van der Waals surface area contributed by atoms with Crippen LogP contribution in [0.2, 0.25) is 0 Å². The van der Waals surface area contributed by atoms with Gasteiger partial charge in [0, 0.05) is 12.1 Å². The summed E-state index contributed by atoms with van der Waals surface area (Å²) in [5, 5.41) is 16.8. The van der Waals surface area contributed by atoms with Crippen LogP contribution in [0, 0.1) is 5.92 Å². The van der Waals surface area contributed by atoms with Crippen LogP contribution in [-0.4, -0.2) is 38.5 Å². The lowest BCUT2D eigenvalue weighted by Crippen LogP contribution is -2.48. The molecule has 0 radical (unpaired) electrons. The maximum atomic E-state index is 12.2. The molecule has 28 heavy (non-hydrogen) atoms. The molecule has 150 valence electrons. The number of carbonyl (C=O) groups excluding carboxylic acids is 2. The van der Waals surface area contributed by atoms with Gasteiger partial charge in [-0.25, -0.2) is 4.79 Å². The van der Waals surface area contributed by atoms with Crippen molar-refractivity contribution in [3.63, 3.8) is 0 Å². The molecule has 0 spiro atoms. The molecule has 4 rings (SSSR count). The molecular weight excluding hydrogens is 394 g/mol. The van der Waals surface area contributed by atoms with Gasteiger partial charge in [-0.05, 0) is 43.0 Å². The molecule has 2 heterocycles. The number of aromatic nitrogens is 3. The SMILES string of the molecule is C[C@@H]1CCCC[C@H]1NC(=O)NC(=O)CSc1nnc(-c2cccs2)n1C1CC1. The van der Waals surface area contributed by atoms with Crippen LogP contribution in [0.5, 0.6) is 0 Å². The first-order valence-corrected chi connectivity index (χ1v) is 11.7. The van der Waals surface area contributed by atoms with E-state index in [1.54, 1.807) is 11.3 Å². The minimum atomic E-state index is -0.396. The third kappa shape index (κ3) is 4.57. The second kappa shape index (κ2) is 8.65. The number of carbonyl (C=O) groups is 2. The molecule has 9 heteroatoms. The molecule has 2 aromatic heterocycles. The normalized spacial score (nSPS) is 22.0. The van der Waals surface area contributed by atoms with Crippen LogP contribution >= 0.6 is 23.1 Å². The molecule has 0 bridgehead atoms. The standard InChI is InChI=1S/C19H25N5O2S2/c1-12-5-2-3-6-14(12)20-18(26)21-16(25)11-28-19-23-22-17(15-7-4-10-27-15)24(19)13-8-9-13/h4,7,10,12-14H,2-3,5-6,8-9,11H2,1H3,(H2,20,21,25,26)/t12-,14-/m1/s1. The smallest absolute Gasteiger partial charge is 0.321 e. The quantitative estimate of drug-likeness (QED) is 0.695. The number of rotatable bonds is 6. The van der Waals surface area contributed by atoms with E-state index in [-0.39, 0.29) is 17.7 Å². The largest absolute Gasteiger partial charge is 0.335 e. The van der Waals surface area contributed by atoms with Gasteiger partial charge in [-0.3, -0.25) is 14.7 Å². The van der Waals surface area contributed by atoms with Crippen LogP contribution in [0.1, 0.15) is 51.5 Å². The first-order valence-electron chi connectivity index (χ1n) is 9.83. The van der Waals surface area contributed by atoms with E-state index in [1.165, 1.54) is 18.2 Å². The minimum Gasteiger partial charge on any atom is -0.335 e. The van der Waals surface area contributed by atoms with Crippen LogP contribution < -0.4 is 10.6 Å². The monoisotopic (exact) mass is 419 g/mol. The Labute approximate surface area is 172 Å². The molecule has 7 nitrogen and oxygen atoms in total. The Bertz CT molecular complexity index is 832. The van der Waals surface area contributed by atoms with Crippen molar-refractivity contribution in [2.45, 2.75) is 62.7 Å². The Morgan fingerprint density at radius 1 is 1.25 bits per heavy atom. The van der Waals surface area contributed by atoms with Crippen molar-refractivity contribution in [3.05, 3.63) is 17.5 Å². The van der Waals surface area contributed by atoms with Gasteiger partial charge in [-0.15, -0.1) is 21.5 Å². The highest BCUT2D eigenvalue weighted by Gasteiger charge is 2.31. The van der Waals surface area contributed by atoms with E-state index in [0.29, 0.717) is 12.0 Å². The van der Waals surface area contributed by atoms with Crippen LogP contribution in [0.3, 0.4) is 0 Å². The summed E-state index contributed by atoms with van der Waals surface area (Å²) in [6.07, 6.45) is 6.66. The number of amides is 3. The molecule has 2 atom stereocenters. The maximum absolute atomic E-state index is 12.2. The van der Waals surface area contributed by atoms with E-state index in [0.717, 1.165) is 48.0 Å². The van der Waals surface area contributed by atoms with Crippen LogP contribution in [0.25, 0.3) is 10.7 Å². The van der Waals surface area contributed by atoms with Gasteiger partial charge in [-0.1, -0.05) is 37.6 Å². The van der Waals surface area contributed by atoms with Gasteiger partial charge in [0.1, 0.15) is 0 Å². The topological polar surface area (TPSA) is 88.9 Å². The van der Waals surface area contributed by atoms with Crippen molar-refractivity contribution in [3.8, 4) is 10.7 Å². The summed E-state index contributed by atoms with van der Waals surface area (Å²) >= 11 is 2.97. The average molecular weight is 420 g/mol. The van der Waals surface area contributed by atoms with Gasteiger partial charge >= 0.3 is 6.03 Å². The molecule has 2 aliphatic carbocycles. The molecule has 0 aliphatic heterocycles. The van der Waals surface area contributed by atoms with Crippen molar-refractivity contribution >= 4 is 35.0 Å². The summed E-state index contributed by atoms with van der Waals surface area (Å²) in [5.74, 6) is 1.15. The third-order valence-corrected chi connectivity index (χ3v) is 7.14. The molecule has 0 unspecified atom stereocenters. The van der Waals surface area contributed by atoms with Crippen molar-refractivity contribution in [2.75, 3.05) is 5.75 Å². The average Bonchev–Trinajstić information content (AvgIpc) is 3.19. The van der Waals surface area contributed by atoms with E-state index >= 15 is 0 Å². The number of nitrogens with zero attached hydrogens (tertiary/aromatic N) is 3. The summed E-state index contributed by atoms with van der Waals surface area (Å²) < 4.78 is 2.13. The van der Waals surface area contributed by atoms with E-state index in [9.17, 15) is 9.59 Å². The Kier molecular flexibility index (Phi) is 6.01. The fourth-order valence-electron chi connectivity index (χ4n) is 3.64. The Morgan fingerprint density at radius 3 is 2.79 bits per heavy atom. The minimum absolute atomic E-state index is 0.142. The van der Waals surface area contributed by atoms with E-state index in [4.69, 9.17) is 0 Å². The molecule has 2 aliphatic rings. The van der Waals surface area contributed by atoms with Crippen molar-refractivity contribution < 1.29 is 9.59 Å². The van der Waals surface area contributed by atoms with E-state index in [1.807, 2.05) is 17.5 Å². The highest BCUT2D eigenvalue weighted by molar-refractivity contribution is 7.99. The van der Waals surface area contributed by atoms with E-state index in [2.05, 4.69) is 32.3 Å². The van der Waals surface area contributed by atoms with Gasteiger partial charge in [-0.2, -0.15) is 0 Å². The second-order valence-electron chi connectivity index (χ2n) is 7.56. The zero-order chi connectivity index (χ0) is 19.5. The fourth-order valence-corrected chi connectivity index (χ4v) is 5.15. The number of imide groups is 1. The molecular formula is C19H25N5O2S2. The summed E-state index contributed by atoms with van der Waals surface area (Å²) in [6, 6.07) is 4.20.